The maximum Gasteiger partial charge on any atom is 0.247 e. The summed E-state index contributed by atoms with van der Waals surface area (Å²) in [7, 11) is 0. The van der Waals surface area contributed by atoms with Crippen LogP contribution in [0.25, 0.3) is 6.08 Å². The van der Waals surface area contributed by atoms with E-state index in [9.17, 15) is 9.59 Å². The standard InChI is InChI=1S/C38H40N4O3/c1-29-11-14-34(39-26-29)15-18-37(43)42(27-31-12-16-35(17-13-31)40-21-23-45-24-22-40)36(25-30-7-3-2-4-8-30)38(44)41-20-19-32-9-5-6-10-33(32)28-41/h2-18,26,36H,19-25,27-28H2,1H3/b18-15+/t36-/m0/s1. The smallest absolute Gasteiger partial charge is 0.247 e. The zero-order valence-electron chi connectivity index (χ0n) is 25.8. The van der Waals surface area contributed by atoms with Gasteiger partial charge in [-0.25, -0.2) is 0 Å². The second kappa shape index (κ2) is 14.4. The number of amides is 2. The second-order valence-electron chi connectivity index (χ2n) is 11.8. The Labute approximate surface area is 265 Å². The zero-order valence-corrected chi connectivity index (χ0v) is 25.8. The van der Waals surface area contributed by atoms with E-state index < -0.39 is 6.04 Å². The van der Waals surface area contributed by atoms with Gasteiger partial charge in [0.2, 0.25) is 11.8 Å². The molecule has 3 aromatic carbocycles. The predicted molar refractivity (Wildman–Crippen MR) is 178 cm³/mol. The van der Waals surface area contributed by atoms with Crippen LogP contribution in [0.2, 0.25) is 0 Å². The highest BCUT2D eigenvalue weighted by Gasteiger charge is 2.34. The molecular formula is C38H40N4O3. The van der Waals surface area contributed by atoms with Crippen molar-refractivity contribution in [2.75, 3.05) is 37.7 Å². The van der Waals surface area contributed by atoms with Crippen molar-refractivity contribution in [3.05, 3.63) is 137 Å². The van der Waals surface area contributed by atoms with Gasteiger partial charge in [0.25, 0.3) is 0 Å². The fraction of sp³-hybridized carbons (Fsp3) is 0.289. The molecule has 1 fully saturated rings. The van der Waals surface area contributed by atoms with Gasteiger partial charge in [-0.1, -0.05) is 72.8 Å². The summed E-state index contributed by atoms with van der Waals surface area (Å²) in [6.45, 7) is 6.61. The van der Waals surface area contributed by atoms with Crippen LogP contribution < -0.4 is 4.90 Å². The molecule has 0 aliphatic carbocycles. The minimum atomic E-state index is -0.681. The predicted octanol–water partition coefficient (Wildman–Crippen LogP) is 5.46. The number of aromatic nitrogens is 1. The Morgan fingerprint density at radius 3 is 2.33 bits per heavy atom. The molecule has 6 rings (SSSR count). The van der Waals surface area contributed by atoms with Crippen LogP contribution in [-0.2, 0) is 40.3 Å². The van der Waals surface area contributed by atoms with E-state index in [1.807, 2.05) is 60.4 Å². The number of pyridine rings is 1. The summed E-state index contributed by atoms with van der Waals surface area (Å²) in [5, 5.41) is 0. The molecule has 2 aliphatic rings. The number of ether oxygens (including phenoxy) is 1. The molecule has 0 unspecified atom stereocenters. The summed E-state index contributed by atoms with van der Waals surface area (Å²) < 4.78 is 5.52. The largest absolute Gasteiger partial charge is 0.378 e. The number of hydrogen-bond acceptors (Lipinski definition) is 5. The lowest BCUT2D eigenvalue weighted by Gasteiger charge is -2.37. The highest BCUT2D eigenvalue weighted by Crippen LogP contribution is 2.24. The molecule has 7 nitrogen and oxygen atoms in total. The number of carbonyl (C=O) groups excluding carboxylic acids is 2. The monoisotopic (exact) mass is 600 g/mol. The van der Waals surface area contributed by atoms with E-state index in [0.717, 1.165) is 60.7 Å². The van der Waals surface area contributed by atoms with Crippen molar-refractivity contribution in [2.24, 2.45) is 0 Å². The van der Waals surface area contributed by atoms with Gasteiger partial charge < -0.3 is 19.4 Å². The van der Waals surface area contributed by atoms with E-state index in [-0.39, 0.29) is 11.8 Å². The van der Waals surface area contributed by atoms with Crippen molar-refractivity contribution in [3.63, 3.8) is 0 Å². The Balaban J connectivity index is 1.32. The summed E-state index contributed by atoms with van der Waals surface area (Å²) in [6, 6.07) is 29.8. The first-order chi connectivity index (χ1) is 22.0. The summed E-state index contributed by atoms with van der Waals surface area (Å²) in [5.74, 6) is -0.255. The van der Waals surface area contributed by atoms with Crippen LogP contribution in [0.4, 0.5) is 5.69 Å². The fourth-order valence-electron chi connectivity index (χ4n) is 6.07. The van der Waals surface area contributed by atoms with Gasteiger partial charge in [-0.05, 0) is 65.4 Å². The summed E-state index contributed by atoms with van der Waals surface area (Å²) in [5.41, 5.74) is 7.31. The van der Waals surface area contributed by atoms with Gasteiger partial charge in [0.1, 0.15) is 6.04 Å². The van der Waals surface area contributed by atoms with Crippen LogP contribution in [0.3, 0.4) is 0 Å². The van der Waals surface area contributed by atoms with E-state index in [0.29, 0.717) is 31.7 Å². The maximum absolute atomic E-state index is 14.5. The lowest BCUT2D eigenvalue weighted by Crippen LogP contribution is -2.52. The van der Waals surface area contributed by atoms with Crippen molar-refractivity contribution in [1.29, 1.82) is 0 Å². The number of carbonyl (C=O) groups is 2. The number of benzene rings is 3. The number of nitrogens with zero attached hydrogens (tertiary/aromatic N) is 4. The number of aryl methyl sites for hydroxylation is 1. The van der Waals surface area contributed by atoms with Crippen molar-refractivity contribution in [1.82, 2.24) is 14.8 Å². The summed E-state index contributed by atoms with van der Waals surface area (Å²) >= 11 is 0. The molecule has 2 aliphatic heterocycles. The molecular weight excluding hydrogens is 560 g/mol. The third kappa shape index (κ3) is 7.67. The first-order valence-corrected chi connectivity index (χ1v) is 15.8. The van der Waals surface area contributed by atoms with Crippen molar-refractivity contribution < 1.29 is 14.3 Å². The maximum atomic E-state index is 14.5. The van der Waals surface area contributed by atoms with Gasteiger partial charge in [-0.2, -0.15) is 0 Å². The quantitative estimate of drug-likeness (QED) is 0.239. The topological polar surface area (TPSA) is 66.0 Å². The molecule has 45 heavy (non-hydrogen) atoms. The SMILES string of the molecule is Cc1ccc(/C=C/C(=O)N(Cc2ccc(N3CCOCC3)cc2)[C@@H](Cc2ccccc2)C(=O)N2CCc3ccccc3C2)nc1. The summed E-state index contributed by atoms with van der Waals surface area (Å²) in [6.07, 6.45) is 6.30. The second-order valence-corrected chi connectivity index (χ2v) is 11.8. The number of rotatable bonds is 9. The van der Waals surface area contributed by atoms with Crippen LogP contribution in [0, 0.1) is 6.92 Å². The lowest BCUT2D eigenvalue weighted by atomic mass is 9.97. The molecule has 4 aromatic rings. The Kier molecular flexibility index (Phi) is 9.66. The van der Waals surface area contributed by atoms with Crippen LogP contribution in [0.5, 0.6) is 0 Å². The molecule has 230 valence electrons. The van der Waals surface area contributed by atoms with Gasteiger partial charge in [-0.15, -0.1) is 0 Å². The van der Waals surface area contributed by atoms with E-state index in [1.165, 1.54) is 5.56 Å². The van der Waals surface area contributed by atoms with Crippen molar-refractivity contribution in [2.45, 2.75) is 38.9 Å². The average Bonchev–Trinajstić information content (AvgIpc) is 3.10. The van der Waals surface area contributed by atoms with Gasteiger partial charge in [0, 0.05) is 57.1 Å². The Morgan fingerprint density at radius 1 is 0.867 bits per heavy atom. The van der Waals surface area contributed by atoms with E-state index in [1.54, 1.807) is 23.2 Å². The molecule has 7 heteroatoms. The molecule has 1 aromatic heterocycles. The molecule has 1 saturated heterocycles. The number of hydrogen-bond donors (Lipinski definition) is 0. The summed E-state index contributed by atoms with van der Waals surface area (Å²) in [4.78, 5) is 39.0. The molecule has 3 heterocycles. The highest BCUT2D eigenvalue weighted by molar-refractivity contribution is 5.95. The van der Waals surface area contributed by atoms with Crippen LogP contribution in [-0.4, -0.2) is 65.5 Å². The van der Waals surface area contributed by atoms with Crippen LogP contribution in [0.15, 0.2) is 103 Å². The Morgan fingerprint density at radius 2 is 1.60 bits per heavy atom. The normalized spacial score (nSPS) is 15.5. The third-order valence-corrected chi connectivity index (χ3v) is 8.65. The molecule has 0 saturated carbocycles. The minimum Gasteiger partial charge on any atom is -0.378 e. The highest BCUT2D eigenvalue weighted by atomic mass is 16.5. The fourth-order valence-corrected chi connectivity index (χ4v) is 6.07. The minimum absolute atomic E-state index is 0.0338. The zero-order chi connectivity index (χ0) is 31.0. The molecule has 0 spiro atoms. The third-order valence-electron chi connectivity index (χ3n) is 8.65. The van der Waals surface area contributed by atoms with Crippen LogP contribution >= 0.6 is 0 Å². The van der Waals surface area contributed by atoms with Crippen LogP contribution in [0.1, 0.15) is 33.5 Å². The van der Waals surface area contributed by atoms with Gasteiger partial charge in [-0.3, -0.25) is 14.6 Å². The molecule has 2 amide bonds. The Bertz CT molecular complexity index is 1610. The van der Waals surface area contributed by atoms with E-state index in [4.69, 9.17) is 4.74 Å². The van der Waals surface area contributed by atoms with Gasteiger partial charge in [0.05, 0.1) is 18.9 Å². The van der Waals surface area contributed by atoms with Gasteiger partial charge >= 0.3 is 0 Å². The number of anilines is 1. The lowest BCUT2D eigenvalue weighted by molar-refractivity contribution is -0.144. The number of morpholine rings is 1. The molecule has 1 atom stereocenters. The van der Waals surface area contributed by atoms with Gasteiger partial charge in [0.15, 0.2) is 0 Å². The van der Waals surface area contributed by atoms with E-state index in [2.05, 4.69) is 52.3 Å². The average molecular weight is 601 g/mol. The molecule has 0 radical (unpaired) electrons. The first-order valence-electron chi connectivity index (χ1n) is 15.8. The molecule has 0 N–H and O–H groups in total. The first kappa shape index (κ1) is 30.3. The van der Waals surface area contributed by atoms with Crippen molar-refractivity contribution >= 4 is 23.6 Å². The molecule has 0 bridgehead atoms. The van der Waals surface area contributed by atoms with E-state index >= 15 is 0 Å². The Hall–Kier alpha value is -4.75. The van der Waals surface area contributed by atoms with Crippen molar-refractivity contribution in [3.8, 4) is 0 Å². The number of fused-ring (bicyclic) bond motifs is 1.